The summed E-state index contributed by atoms with van der Waals surface area (Å²) in [5.74, 6) is 0.474. The van der Waals surface area contributed by atoms with Crippen LogP contribution in [0.15, 0.2) is 47.8 Å². The third kappa shape index (κ3) is 4.32. The van der Waals surface area contributed by atoms with E-state index in [1.54, 1.807) is 6.07 Å². The van der Waals surface area contributed by atoms with Crippen molar-refractivity contribution in [2.45, 2.75) is 20.4 Å². The molecule has 0 bridgehead atoms. The van der Waals surface area contributed by atoms with Crippen molar-refractivity contribution in [2.75, 3.05) is 11.9 Å². The average Bonchev–Trinajstić information content (AvgIpc) is 3.10. The number of hydrogen-bond donors (Lipinski definition) is 2. The Morgan fingerprint density at radius 2 is 1.92 bits per heavy atom. The van der Waals surface area contributed by atoms with E-state index in [0.29, 0.717) is 5.82 Å². The number of aromatic nitrogens is 5. The predicted octanol–water partition coefficient (Wildman–Crippen LogP) is 1.26. The molecule has 3 aromatic rings. The van der Waals surface area contributed by atoms with Gasteiger partial charge in [-0.1, -0.05) is 6.07 Å². The molecule has 2 N–H and O–H groups in total. The lowest BCUT2D eigenvalue weighted by atomic mass is 10.1. The number of hydrogen-bond acceptors (Lipinski definition) is 5. The van der Waals surface area contributed by atoms with E-state index in [4.69, 9.17) is 0 Å². The molecule has 9 nitrogen and oxygen atoms in total. The number of nitrogens with zero attached hydrogens (tertiary/aromatic N) is 5. The summed E-state index contributed by atoms with van der Waals surface area (Å²) in [6.07, 6.45) is 2.88. The summed E-state index contributed by atoms with van der Waals surface area (Å²) in [5.41, 5.74) is 2.61. The van der Waals surface area contributed by atoms with Crippen LogP contribution >= 0.6 is 0 Å². The van der Waals surface area contributed by atoms with Crippen LogP contribution in [-0.2, 0) is 6.54 Å². The number of nitrogens with one attached hydrogen (secondary N) is 2. The molecular formula is C17H19N7O2. The summed E-state index contributed by atoms with van der Waals surface area (Å²) < 4.78 is 2.73. The van der Waals surface area contributed by atoms with Crippen molar-refractivity contribution < 1.29 is 4.79 Å². The topological polar surface area (TPSA) is 107 Å². The van der Waals surface area contributed by atoms with Gasteiger partial charge in [-0.05, 0) is 43.2 Å². The number of rotatable bonds is 5. The van der Waals surface area contributed by atoms with E-state index < -0.39 is 0 Å². The molecule has 3 rings (SSSR count). The summed E-state index contributed by atoms with van der Waals surface area (Å²) in [6, 6.07) is 8.44. The van der Waals surface area contributed by atoms with Crippen LogP contribution in [0.3, 0.4) is 0 Å². The number of benzene rings is 1. The Labute approximate surface area is 149 Å². The van der Waals surface area contributed by atoms with Gasteiger partial charge in [-0.15, -0.1) is 5.10 Å². The summed E-state index contributed by atoms with van der Waals surface area (Å²) in [5, 5.41) is 13.7. The Bertz CT molecular complexity index is 943. The fraction of sp³-hybridized carbons (Fsp3) is 0.235. The molecule has 0 saturated heterocycles. The lowest BCUT2D eigenvalue weighted by molar-refractivity contribution is 0.251. The minimum Gasteiger partial charge on any atom is -0.336 e. The second-order valence-corrected chi connectivity index (χ2v) is 5.85. The van der Waals surface area contributed by atoms with E-state index >= 15 is 0 Å². The normalized spacial score (nSPS) is 10.5. The first kappa shape index (κ1) is 17.3. The molecule has 1 aromatic carbocycles. The summed E-state index contributed by atoms with van der Waals surface area (Å²) in [4.78, 5) is 27.8. The monoisotopic (exact) mass is 353 g/mol. The van der Waals surface area contributed by atoms with Crippen molar-refractivity contribution in [1.82, 2.24) is 29.9 Å². The zero-order valence-corrected chi connectivity index (χ0v) is 14.5. The van der Waals surface area contributed by atoms with E-state index in [9.17, 15) is 9.59 Å². The molecule has 134 valence electrons. The van der Waals surface area contributed by atoms with Gasteiger partial charge in [0.25, 0.3) is 5.56 Å². The number of carbonyl (C=O) groups excluding carboxylic acids is 1. The fourth-order valence-corrected chi connectivity index (χ4v) is 2.54. The maximum Gasteiger partial charge on any atom is 0.319 e. The molecule has 26 heavy (non-hydrogen) atoms. The van der Waals surface area contributed by atoms with Crippen LogP contribution in [0.1, 0.15) is 11.1 Å². The molecule has 0 atom stereocenters. The summed E-state index contributed by atoms with van der Waals surface area (Å²) in [6.45, 7) is 4.43. The molecule has 0 spiro atoms. The van der Waals surface area contributed by atoms with E-state index in [0.717, 1.165) is 16.8 Å². The highest BCUT2D eigenvalue weighted by atomic mass is 16.2. The van der Waals surface area contributed by atoms with Gasteiger partial charge in [-0.2, -0.15) is 5.10 Å². The number of anilines is 1. The Balaban J connectivity index is 1.58. The van der Waals surface area contributed by atoms with Crippen LogP contribution in [0.2, 0.25) is 0 Å². The quantitative estimate of drug-likeness (QED) is 0.718. The number of urea groups is 1. The minimum atomic E-state index is -0.338. The molecule has 9 heteroatoms. The molecule has 0 saturated carbocycles. The van der Waals surface area contributed by atoms with Crippen LogP contribution in [0.5, 0.6) is 0 Å². The third-order valence-corrected chi connectivity index (χ3v) is 3.59. The first-order valence-corrected chi connectivity index (χ1v) is 8.07. The van der Waals surface area contributed by atoms with Gasteiger partial charge in [0.15, 0.2) is 5.82 Å². The Kier molecular flexibility index (Phi) is 5.07. The molecule has 0 aliphatic rings. The molecule has 2 heterocycles. The predicted molar refractivity (Wildman–Crippen MR) is 96.4 cm³/mol. The highest BCUT2D eigenvalue weighted by Crippen LogP contribution is 2.13. The van der Waals surface area contributed by atoms with Gasteiger partial charge in [0.05, 0.1) is 6.54 Å². The first-order chi connectivity index (χ1) is 12.5. The van der Waals surface area contributed by atoms with Gasteiger partial charge >= 0.3 is 6.03 Å². The average molecular weight is 353 g/mol. The highest BCUT2D eigenvalue weighted by Gasteiger charge is 2.05. The van der Waals surface area contributed by atoms with Gasteiger partial charge in [0.1, 0.15) is 12.7 Å². The number of amides is 2. The van der Waals surface area contributed by atoms with Crippen molar-refractivity contribution in [3.63, 3.8) is 0 Å². The maximum atomic E-state index is 12.0. The van der Waals surface area contributed by atoms with E-state index in [1.807, 2.05) is 32.0 Å². The second-order valence-electron chi connectivity index (χ2n) is 5.85. The van der Waals surface area contributed by atoms with Gasteiger partial charge in [0.2, 0.25) is 0 Å². The second kappa shape index (κ2) is 7.60. The zero-order valence-electron chi connectivity index (χ0n) is 14.5. The van der Waals surface area contributed by atoms with Gasteiger partial charge in [-0.25, -0.2) is 19.1 Å². The molecule has 0 fully saturated rings. The molecule has 0 radical (unpaired) electrons. The summed E-state index contributed by atoms with van der Waals surface area (Å²) >= 11 is 0. The largest absolute Gasteiger partial charge is 0.336 e. The maximum absolute atomic E-state index is 12.0. The lowest BCUT2D eigenvalue weighted by Crippen LogP contribution is -2.34. The molecular weight excluding hydrogens is 334 g/mol. The zero-order chi connectivity index (χ0) is 18.5. The Morgan fingerprint density at radius 1 is 1.15 bits per heavy atom. The van der Waals surface area contributed by atoms with Crippen LogP contribution in [0, 0.1) is 13.8 Å². The molecule has 2 amide bonds. The number of carbonyl (C=O) groups is 1. The van der Waals surface area contributed by atoms with Crippen molar-refractivity contribution >= 4 is 11.7 Å². The van der Waals surface area contributed by atoms with Gasteiger partial charge in [-0.3, -0.25) is 4.79 Å². The standard InChI is InChI=1S/C17H19N7O2/c1-12-7-13(2)9-14(8-12)21-17(26)19-5-6-23-16(25)4-3-15(22-23)24-11-18-10-20-24/h3-4,7-11H,5-6H2,1-2H3,(H2,19,21,26). The van der Waals surface area contributed by atoms with E-state index in [1.165, 1.54) is 28.1 Å². The van der Waals surface area contributed by atoms with E-state index in [2.05, 4.69) is 25.8 Å². The molecule has 0 aliphatic heterocycles. The SMILES string of the molecule is Cc1cc(C)cc(NC(=O)NCCn2nc(-n3cncn3)ccc2=O)c1. The van der Waals surface area contributed by atoms with Gasteiger partial charge < -0.3 is 10.6 Å². The molecule has 2 aromatic heterocycles. The molecule has 0 unspecified atom stereocenters. The van der Waals surface area contributed by atoms with E-state index in [-0.39, 0.29) is 24.7 Å². The summed E-state index contributed by atoms with van der Waals surface area (Å²) in [7, 11) is 0. The molecule has 0 aliphatic carbocycles. The van der Waals surface area contributed by atoms with Gasteiger partial charge in [0, 0.05) is 18.3 Å². The Morgan fingerprint density at radius 3 is 2.62 bits per heavy atom. The fourth-order valence-electron chi connectivity index (χ4n) is 2.54. The Hall–Kier alpha value is -3.49. The van der Waals surface area contributed by atoms with Crippen molar-refractivity contribution in [1.29, 1.82) is 0 Å². The minimum absolute atomic E-state index is 0.238. The van der Waals surface area contributed by atoms with Crippen molar-refractivity contribution in [3.05, 3.63) is 64.5 Å². The van der Waals surface area contributed by atoms with Crippen LogP contribution < -0.4 is 16.2 Å². The van der Waals surface area contributed by atoms with Crippen molar-refractivity contribution in [2.24, 2.45) is 0 Å². The lowest BCUT2D eigenvalue weighted by Gasteiger charge is -2.10. The number of aryl methyl sites for hydroxylation is 2. The third-order valence-electron chi connectivity index (χ3n) is 3.59. The smallest absolute Gasteiger partial charge is 0.319 e. The first-order valence-electron chi connectivity index (χ1n) is 8.07. The van der Waals surface area contributed by atoms with Crippen LogP contribution in [0.25, 0.3) is 5.82 Å². The highest BCUT2D eigenvalue weighted by molar-refractivity contribution is 5.89. The van der Waals surface area contributed by atoms with Crippen LogP contribution in [-0.4, -0.2) is 37.1 Å². The van der Waals surface area contributed by atoms with Crippen LogP contribution in [0.4, 0.5) is 10.5 Å². The van der Waals surface area contributed by atoms with Crippen molar-refractivity contribution in [3.8, 4) is 5.82 Å².